The largest absolute Gasteiger partial charge is 0.497 e. The van der Waals surface area contributed by atoms with Gasteiger partial charge in [-0.25, -0.2) is 0 Å². The Morgan fingerprint density at radius 1 is 1.12 bits per heavy atom. The first-order chi connectivity index (χ1) is 11.7. The quantitative estimate of drug-likeness (QED) is 0.758. The number of aromatic amines is 1. The van der Waals surface area contributed by atoms with Gasteiger partial charge in [0.25, 0.3) is 11.5 Å². The van der Waals surface area contributed by atoms with Crippen LogP contribution in [0.25, 0.3) is 10.8 Å². The zero-order chi connectivity index (χ0) is 16.9. The van der Waals surface area contributed by atoms with Gasteiger partial charge in [0, 0.05) is 11.9 Å². The van der Waals surface area contributed by atoms with Crippen molar-refractivity contribution < 1.29 is 9.53 Å². The highest BCUT2D eigenvalue weighted by molar-refractivity contribution is 5.96. The fraction of sp³-hybridized carbons (Fsp3) is 0.158. The molecule has 5 heteroatoms. The van der Waals surface area contributed by atoms with Crippen molar-refractivity contribution in [3.8, 4) is 5.75 Å². The summed E-state index contributed by atoms with van der Waals surface area (Å²) in [6, 6.07) is 16.7. The van der Waals surface area contributed by atoms with E-state index < -0.39 is 0 Å². The van der Waals surface area contributed by atoms with Gasteiger partial charge in [-0.05, 0) is 41.6 Å². The summed E-state index contributed by atoms with van der Waals surface area (Å²) in [7, 11) is 1.56. The molecule has 3 rings (SSSR count). The van der Waals surface area contributed by atoms with E-state index in [2.05, 4.69) is 10.3 Å². The van der Waals surface area contributed by atoms with Crippen LogP contribution in [0.15, 0.2) is 59.4 Å². The molecule has 2 N–H and O–H groups in total. The molecule has 5 nitrogen and oxygen atoms in total. The Morgan fingerprint density at radius 2 is 1.92 bits per heavy atom. The average Bonchev–Trinajstić information content (AvgIpc) is 2.62. The monoisotopic (exact) mass is 322 g/mol. The lowest BCUT2D eigenvalue weighted by molar-refractivity contribution is 0.0949. The molecule has 0 aliphatic heterocycles. The van der Waals surface area contributed by atoms with Gasteiger partial charge in [0.15, 0.2) is 0 Å². The number of methoxy groups -OCH3 is 1. The van der Waals surface area contributed by atoms with Crippen molar-refractivity contribution in [3.63, 3.8) is 0 Å². The fourth-order valence-electron chi connectivity index (χ4n) is 2.56. The summed E-state index contributed by atoms with van der Waals surface area (Å²) in [6.07, 6.45) is 0.734. The Balaban J connectivity index is 1.75. The van der Waals surface area contributed by atoms with Gasteiger partial charge in [0.1, 0.15) is 11.4 Å². The van der Waals surface area contributed by atoms with E-state index in [1.165, 1.54) is 0 Å². The van der Waals surface area contributed by atoms with Gasteiger partial charge in [-0.15, -0.1) is 0 Å². The van der Waals surface area contributed by atoms with Crippen LogP contribution >= 0.6 is 0 Å². The Labute approximate surface area is 139 Å². The van der Waals surface area contributed by atoms with Crippen LogP contribution in [0.2, 0.25) is 0 Å². The SMILES string of the molecule is COc1ccc2c(=O)[nH]c(C(=O)NCCc3ccccc3)cc2c1. The van der Waals surface area contributed by atoms with Crippen LogP contribution in [-0.4, -0.2) is 24.5 Å². The van der Waals surface area contributed by atoms with Crippen LogP contribution in [0.5, 0.6) is 5.75 Å². The topological polar surface area (TPSA) is 71.2 Å². The number of pyridine rings is 1. The minimum Gasteiger partial charge on any atom is -0.497 e. The van der Waals surface area contributed by atoms with E-state index in [0.717, 1.165) is 12.0 Å². The number of carbonyl (C=O) groups excluding carboxylic acids is 1. The minimum absolute atomic E-state index is 0.244. The smallest absolute Gasteiger partial charge is 0.267 e. The van der Waals surface area contributed by atoms with Gasteiger partial charge in [0.05, 0.1) is 7.11 Å². The summed E-state index contributed by atoms with van der Waals surface area (Å²) < 4.78 is 5.16. The van der Waals surface area contributed by atoms with Crippen molar-refractivity contribution in [2.75, 3.05) is 13.7 Å². The summed E-state index contributed by atoms with van der Waals surface area (Å²) in [5.41, 5.74) is 1.10. The second-order valence-electron chi connectivity index (χ2n) is 5.46. The number of ether oxygens (including phenoxy) is 1. The summed E-state index contributed by atoms with van der Waals surface area (Å²) in [4.78, 5) is 27.0. The van der Waals surface area contributed by atoms with E-state index in [4.69, 9.17) is 4.74 Å². The maximum absolute atomic E-state index is 12.3. The molecule has 0 unspecified atom stereocenters. The van der Waals surface area contributed by atoms with Crippen molar-refractivity contribution in [1.82, 2.24) is 10.3 Å². The number of H-pyrrole nitrogens is 1. The van der Waals surface area contributed by atoms with Gasteiger partial charge >= 0.3 is 0 Å². The van der Waals surface area contributed by atoms with Crippen LogP contribution in [0.3, 0.4) is 0 Å². The number of fused-ring (bicyclic) bond motifs is 1. The summed E-state index contributed by atoms with van der Waals surface area (Å²) in [6.45, 7) is 0.501. The molecular formula is C19H18N2O3. The van der Waals surface area contributed by atoms with Gasteiger partial charge in [-0.2, -0.15) is 0 Å². The Bertz CT molecular complexity index is 917. The molecule has 0 aliphatic rings. The van der Waals surface area contributed by atoms with Crippen LogP contribution in [0.1, 0.15) is 16.1 Å². The van der Waals surface area contributed by atoms with Crippen LogP contribution < -0.4 is 15.6 Å². The molecule has 1 aromatic heterocycles. The number of amides is 1. The highest BCUT2D eigenvalue weighted by Gasteiger charge is 2.10. The van der Waals surface area contributed by atoms with E-state index in [1.54, 1.807) is 31.4 Å². The van der Waals surface area contributed by atoms with Crippen molar-refractivity contribution >= 4 is 16.7 Å². The summed E-state index contributed by atoms with van der Waals surface area (Å²) >= 11 is 0. The number of carbonyl (C=O) groups is 1. The second-order valence-corrected chi connectivity index (χ2v) is 5.46. The average molecular weight is 322 g/mol. The maximum Gasteiger partial charge on any atom is 0.267 e. The highest BCUT2D eigenvalue weighted by atomic mass is 16.5. The molecule has 0 aliphatic carbocycles. The predicted octanol–water partition coefficient (Wildman–Crippen LogP) is 2.51. The first kappa shape index (κ1) is 15.8. The molecule has 2 aromatic carbocycles. The van der Waals surface area contributed by atoms with E-state index in [0.29, 0.717) is 23.1 Å². The lowest BCUT2D eigenvalue weighted by atomic mass is 10.1. The fourth-order valence-corrected chi connectivity index (χ4v) is 2.56. The predicted molar refractivity (Wildman–Crippen MR) is 93.6 cm³/mol. The first-order valence-corrected chi connectivity index (χ1v) is 7.70. The molecular weight excluding hydrogens is 304 g/mol. The Morgan fingerprint density at radius 3 is 2.67 bits per heavy atom. The highest BCUT2D eigenvalue weighted by Crippen LogP contribution is 2.18. The third-order valence-corrected chi connectivity index (χ3v) is 3.84. The number of rotatable bonds is 5. The summed E-state index contributed by atoms with van der Waals surface area (Å²) in [5.74, 6) is 0.344. The van der Waals surface area contributed by atoms with Crippen molar-refractivity contribution in [3.05, 3.63) is 76.2 Å². The van der Waals surface area contributed by atoms with E-state index in [-0.39, 0.29) is 17.2 Å². The van der Waals surface area contributed by atoms with E-state index in [9.17, 15) is 9.59 Å². The molecule has 0 fully saturated rings. The zero-order valence-corrected chi connectivity index (χ0v) is 13.3. The van der Waals surface area contributed by atoms with E-state index >= 15 is 0 Å². The number of hydrogen-bond donors (Lipinski definition) is 2. The number of nitrogens with one attached hydrogen (secondary N) is 2. The number of aromatic nitrogens is 1. The third-order valence-electron chi connectivity index (χ3n) is 3.84. The molecule has 0 saturated carbocycles. The van der Waals surface area contributed by atoms with E-state index in [1.807, 2.05) is 30.3 Å². The zero-order valence-electron chi connectivity index (χ0n) is 13.3. The molecule has 0 atom stereocenters. The van der Waals surface area contributed by atoms with Crippen LogP contribution in [0.4, 0.5) is 0 Å². The first-order valence-electron chi connectivity index (χ1n) is 7.70. The van der Waals surface area contributed by atoms with Gasteiger partial charge < -0.3 is 15.0 Å². The molecule has 122 valence electrons. The third kappa shape index (κ3) is 3.46. The lowest BCUT2D eigenvalue weighted by Gasteiger charge is -2.07. The lowest BCUT2D eigenvalue weighted by Crippen LogP contribution is -2.28. The van der Waals surface area contributed by atoms with Crippen LogP contribution in [-0.2, 0) is 6.42 Å². The molecule has 0 radical (unpaired) electrons. The molecule has 0 spiro atoms. The molecule has 3 aromatic rings. The molecule has 0 bridgehead atoms. The van der Waals surface area contributed by atoms with Crippen LogP contribution in [0, 0.1) is 0 Å². The Hall–Kier alpha value is -3.08. The van der Waals surface area contributed by atoms with Gasteiger partial charge in [-0.3, -0.25) is 9.59 Å². The minimum atomic E-state index is -0.298. The van der Waals surface area contributed by atoms with Crippen molar-refractivity contribution in [1.29, 1.82) is 0 Å². The Kier molecular flexibility index (Phi) is 4.61. The molecule has 24 heavy (non-hydrogen) atoms. The number of hydrogen-bond acceptors (Lipinski definition) is 3. The van der Waals surface area contributed by atoms with Gasteiger partial charge in [-0.1, -0.05) is 30.3 Å². The molecule has 1 amide bonds. The second kappa shape index (κ2) is 7.00. The van der Waals surface area contributed by atoms with Crippen molar-refractivity contribution in [2.24, 2.45) is 0 Å². The molecule has 1 heterocycles. The maximum atomic E-state index is 12.3. The van der Waals surface area contributed by atoms with Crippen molar-refractivity contribution in [2.45, 2.75) is 6.42 Å². The molecule has 0 saturated heterocycles. The number of benzene rings is 2. The normalized spacial score (nSPS) is 10.5. The summed E-state index contributed by atoms with van der Waals surface area (Å²) in [5, 5.41) is 4.02. The van der Waals surface area contributed by atoms with Gasteiger partial charge in [0.2, 0.25) is 0 Å². The standard InChI is InChI=1S/C19H18N2O3/c1-24-15-7-8-16-14(11-15)12-17(21-18(16)22)19(23)20-10-9-13-5-3-2-4-6-13/h2-8,11-12H,9-10H2,1H3,(H,20,23)(H,21,22).